The van der Waals surface area contributed by atoms with Gasteiger partial charge in [-0.3, -0.25) is 0 Å². The fourth-order valence-corrected chi connectivity index (χ4v) is 3.04. The Bertz CT molecular complexity index is 876. The van der Waals surface area contributed by atoms with Crippen LogP contribution in [0.2, 0.25) is 0 Å². The largest absolute Gasteiger partial charge is 0.619 e. The van der Waals surface area contributed by atoms with Gasteiger partial charge in [0.2, 0.25) is 0 Å². The first kappa shape index (κ1) is 15.2. The van der Waals surface area contributed by atoms with E-state index in [0.717, 1.165) is 32.0 Å². The number of rotatable bonds is 5. The third-order valence-electron chi connectivity index (χ3n) is 4.20. The molecule has 7 nitrogen and oxygen atoms in total. The zero-order valence-corrected chi connectivity index (χ0v) is 14.5. The van der Waals surface area contributed by atoms with Crippen molar-refractivity contribution < 1.29 is 4.73 Å². The summed E-state index contributed by atoms with van der Waals surface area (Å²) in [6, 6.07) is 6.11. The highest BCUT2D eigenvalue weighted by atomic mass is 79.9. The number of nitrogens with one attached hydrogen (secondary N) is 2. The lowest BCUT2D eigenvalue weighted by molar-refractivity contribution is -0.605. The van der Waals surface area contributed by atoms with Crippen LogP contribution in [0, 0.1) is 5.21 Å². The van der Waals surface area contributed by atoms with Crippen molar-refractivity contribution in [2.45, 2.75) is 31.8 Å². The summed E-state index contributed by atoms with van der Waals surface area (Å²) < 4.78 is 3.40. The maximum absolute atomic E-state index is 11.4. The molecular formula is C16H17BrN6O. The van der Waals surface area contributed by atoms with Crippen LogP contribution in [0.25, 0.3) is 5.65 Å². The summed E-state index contributed by atoms with van der Waals surface area (Å²) in [5, 5.41) is 22.5. The summed E-state index contributed by atoms with van der Waals surface area (Å²) in [6.45, 7) is 0.530. The Morgan fingerprint density at radius 1 is 1.42 bits per heavy atom. The molecular weight excluding hydrogens is 372 g/mol. The van der Waals surface area contributed by atoms with E-state index in [1.807, 2.05) is 12.1 Å². The number of hydrogen-bond acceptors (Lipinski definition) is 5. The average molecular weight is 389 g/mol. The molecule has 0 radical (unpaired) electrons. The van der Waals surface area contributed by atoms with Gasteiger partial charge in [0, 0.05) is 30.3 Å². The molecule has 1 saturated carbocycles. The summed E-state index contributed by atoms with van der Waals surface area (Å²) in [6.07, 6.45) is 8.39. The van der Waals surface area contributed by atoms with Crippen LogP contribution in [0.1, 0.15) is 24.8 Å². The number of halogens is 1. The smallest absolute Gasteiger partial charge is 0.185 e. The third-order valence-corrected chi connectivity index (χ3v) is 4.76. The molecule has 8 heteroatoms. The molecule has 1 aliphatic rings. The van der Waals surface area contributed by atoms with E-state index in [-0.39, 0.29) is 0 Å². The number of nitrogens with zero attached hydrogens (tertiary/aromatic N) is 4. The Labute approximate surface area is 147 Å². The van der Waals surface area contributed by atoms with Crippen molar-refractivity contribution in [1.29, 1.82) is 0 Å². The van der Waals surface area contributed by atoms with Crippen molar-refractivity contribution in [1.82, 2.24) is 14.6 Å². The van der Waals surface area contributed by atoms with E-state index >= 15 is 0 Å². The highest BCUT2D eigenvalue weighted by Gasteiger charge is 2.19. The van der Waals surface area contributed by atoms with Gasteiger partial charge in [-0.25, -0.2) is 4.98 Å². The van der Waals surface area contributed by atoms with Gasteiger partial charge in [0.05, 0.1) is 10.7 Å². The molecule has 1 aliphatic carbocycles. The monoisotopic (exact) mass is 388 g/mol. The predicted molar refractivity (Wildman–Crippen MR) is 94.7 cm³/mol. The molecule has 0 amide bonds. The molecule has 24 heavy (non-hydrogen) atoms. The number of anilines is 2. The molecule has 2 N–H and O–H groups in total. The predicted octanol–water partition coefficient (Wildman–Crippen LogP) is 2.70. The molecule has 0 saturated heterocycles. The minimum absolute atomic E-state index is 0.503. The number of fused-ring (bicyclic) bond motifs is 1. The van der Waals surface area contributed by atoms with Gasteiger partial charge in [0.15, 0.2) is 18.0 Å². The van der Waals surface area contributed by atoms with E-state index in [0.29, 0.717) is 12.6 Å². The Morgan fingerprint density at radius 2 is 2.29 bits per heavy atom. The van der Waals surface area contributed by atoms with Gasteiger partial charge in [-0.1, -0.05) is 0 Å². The topological polar surface area (TPSA) is 81.2 Å². The second-order valence-electron chi connectivity index (χ2n) is 5.95. The fourth-order valence-electron chi connectivity index (χ4n) is 2.70. The van der Waals surface area contributed by atoms with E-state index in [2.05, 4.69) is 36.6 Å². The van der Waals surface area contributed by atoms with E-state index in [1.54, 1.807) is 23.0 Å². The minimum atomic E-state index is 0.503. The standard InChI is InChI=1S/C16H17BrN6O/c17-13-9-19-23-15(18-8-11-3-2-6-22(24)10-11)7-14(21-16(13)23)20-12-4-1-5-12/h2-3,6-7,9-10,12,18H,1,4-5,8H2,(H,20,21). The van der Waals surface area contributed by atoms with E-state index in [9.17, 15) is 5.21 Å². The normalized spacial score (nSPS) is 14.5. The van der Waals surface area contributed by atoms with Crippen LogP contribution in [0.5, 0.6) is 0 Å². The second kappa shape index (κ2) is 6.27. The van der Waals surface area contributed by atoms with Gasteiger partial charge in [-0.2, -0.15) is 14.3 Å². The van der Waals surface area contributed by atoms with Crippen LogP contribution in [-0.2, 0) is 6.54 Å². The summed E-state index contributed by atoms with van der Waals surface area (Å²) in [5.74, 6) is 1.66. The van der Waals surface area contributed by atoms with Crippen LogP contribution in [0.4, 0.5) is 11.6 Å². The Balaban J connectivity index is 1.62. The minimum Gasteiger partial charge on any atom is -0.619 e. The van der Waals surface area contributed by atoms with Crippen LogP contribution < -0.4 is 15.4 Å². The van der Waals surface area contributed by atoms with Gasteiger partial charge in [0.25, 0.3) is 0 Å². The zero-order valence-electron chi connectivity index (χ0n) is 12.9. The molecule has 4 rings (SSSR count). The third kappa shape index (κ3) is 3.01. The number of hydrogen-bond donors (Lipinski definition) is 2. The zero-order chi connectivity index (χ0) is 16.5. The summed E-state index contributed by atoms with van der Waals surface area (Å²) in [5.41, 5.74) is 1.66. The van der Waals surface area contributed by atoms with Crippen LogP contribution >= 0.6 is 15.9 Å². The molecule has 0 bridgehead atoms. The quantitative estimate of drug-likeness (QED) is 0.518. The van der Waals surface area contributed by atoms with Crippen molar-refractivity contribution in [3.05, 3.63) is 52.0 Å². The average Bonchev–Trinajstić information content (AvgIpc) is 2.90. The van der Waals surface area contributed by atoms with E-state index in [4.69, 9.17) is 0 Å². The molecule has 0 spiro atoms. The van der Waals surface area contributed by atoms with E-state index in [1.165, 1.54) is 25.5 Å². The lowest BCUT2D eigenvalue weighted by Gasteiger charge is -2.27. The first-order valence-electron chi connectivity index (χ1n) is 7.91. The van der Waals surface area contributed by atoms with E-state index < -0.39 is 0 Å². The first-order valence-corrected chi connectivity index (χ1v) is 8.71. The van der Waals surface area contributed by atoms with Gasteiger partial charge < -0.3 is 15.8 Å². The van der Waals surface area contributed by atoms with Gasteiger partial charge >= 0.3 is 0 Å². The van der Waals surface area contributed by atoms with Gasteiger partial charge in [-0.15, -0.1) is 0 Å². The summed E-state index contributed by atoms with van der Waals surface area (Å²) in [4.78, 5) is 4.63. The molecule has 1 fully saturated rings. The van der Waals surface area contributed by atoms with Gasteiger partial charge in [-0.05, 0) is 41.3 Å². The second-order valence-corrected chi connectivity index (χ2v) is 6.81. The maximum atomic E-state index is 11.4. The Morgan fingerprint density at radius 3 is 3.04 bits per heavy atom. The van der Waals surface area contributed by atoms with Crippen molar-refractivity contribution in [2.75, 3.05) is 10.6 Å². The van der Waals surface area contributed by atoms with Crippen LogP contribution in [0.15, 0.2) is 41.3 Å². The van der Waals surface area contributed by atoms with Crippen LogP contribution in [0.3, 0.4) is 0 Å². The van der Waals surface area contributed by atoms with Crippen LogP contribution in [-0.4, -0.2) is 20.6 Å². The molecule has 3 aromatic rings. The highest BCUT2D eigenvalue weighted by molar-refractivity contribution is 9.10. The van der Waals surface area contributed by atoms with Crippen molar-refractivity contribution in [3.8, 4) is 0 Å². The molecule has 0 aliphatic heterocycles. The Hall–Kier alpha value is -2.35. The number of pyridine rings is 1. The molecule has 0 atom stereocenters. The summed E-state index contributed by atoms with van der Waals surface area (Å²) in [7, 11) is 0. The maximum Gasteiger partial charge on any atom is 0.185 e. The first-order chi connectivity index (χ1) is 11.7. The lowest BCUT2D eigenvalue weighted by atomic mass is 9.93. The lowest BCUT2D eigenvalue weighted by Crippen LogP contribution is -2.27. The molecule has 3 heterocycles. The highest BCUT2D eigenvalue weighted by Crippen LogP contribution is 2.26. The molecule has 124 valence electrons. The molecule has 0 aromatic carbocycles. The van der Waals surface area contributed by atoms with Gasteiger partial charge in [0.1, 0.15) is 11.6 Å². The van der Waals surface area contributed by atoms with Crippen molar-refractivity contribution in [3.63, 3.8) is 0 Å². The fraction of sp³-hybridized carbons (Fsp3) is 0.312. The summed E-state index contributed by atoms with van der Waals surface area (Å²) >= 11 is 3.49. The SMILES string of the molecule is [O-][n+]1cccc(CNc2cc(NC3CCC3)nc3c(Br)cnn23)c1. The Kier molecular flexibility index (Phi) is 3.97. The molecule has 3 aromatic heterocycles. The van der Waals surface area contributed by atoms with Crippen molar-refractivity contribution >= 4 is 33.2 Å². The number of aromatic nitrogens is 4. The van der Waals surface area contributed by atoms with Crippen molar-refractivity contribution in [2.24, 2.45) is 0 Å². The molecule has 0 unspecified atom stereocenters.